The van der Waals surface area contributed by atoms with Crippen molar-refractivity contribution >= 4 is 5.78 Å². The van der Waals surface area contributed by atoms with E-state index < -0.39 is 0 Å². The van der Waals surface area contributed by atoms with Crippen LogP contribution in [0.3, 0.4) is 0 Å². The second kappa shape index (κ2) is 3.19. The molecule has 2 nitrogen and oxygen atoms in total. The van der Waals surface area contributed by atoms with E-state index in [-0.39, 0.29) is 5.78 Å². The summed E-state index contributed by atoms with van der Waals surface area (Å²) in [6.07, 6.45) is 0. The van der Waals surface area contributed by atoms with Crippen molar-refractivity contribution in [2.75, 3.05) is 7.11 Å². The summed E-state index contributed by atoms with van der Waals surface area (Å²) < 4.78 is 4.92. The van der Waals surface area contributed by atoms with Crippen LogP contribution in [0.25, 0.3) is 0 Å². The maximum absolute atomic E-state index is 10.8. The standard InChI is InChI=1S/C9H9O2/c1-7(10)8-4-3-5-9(6-8)11-2/h4-6H,1-2H3. The predicted octanol–water partition coefficient (Wildman–Crippen LogP) is 1.70. The number of benzene rings is 1. The van der Waals surface area contributed by atoms with E-state index in [1.54, 1.807) is 25.3 Å². The fourth-order valence-electron chi connectivity index (χ4n) is 0.771. The molecule has 0 atom stereocenters. The summed E-state index contributed by atoms with van der Waals surface area (Å²) >= 11 is 0. The van der Waals surface area contributed by atoms with Crippen LogP contribution in [0.2, 0.25) is 0 Å². The molecule has 0 aliphatic carbocycles. The highest BCUT2D eigenvalue weighted by molar-refractivity contribution is 5.94. The number of hydrogen-bond acceptors (Lipinski definition) is 2. The zero-order valence-electron chi connectivity index (χ0n) is 6.55. The van der Waals surface area contributed by atoms with Gasteiger partial charge in [0.05, 0.1) is 7.11 Å². The van der Waals surface area contributed by atoms with Crippen molar-refractivity contribution in [1.29, 1.82) is 0 Å². The monoisotopic (exact) mass is 149 g/mol. The average molecular weight is 149 g/mol. The maximum Gasteiger partial charge on any atom is 0.159 e. The second-order valence-electron chi connectivity index (χ2n) is 2.22. The minimum atomic E-state index is 0.0279. The maximum atomic E-state index is 10.8. The van der Waals surface area contributed by atoms with Crippen LogP contribution in [0.15, 0.2) is 18.2 Å². The van der Waals surface area contributed by atoms with Gasteiger partial charge >= 0.3 is 0 Å². The molecule has 0 saturated heterocycles. The van der Waals surface area contributed by atoms with Gasteiger partial charge in [0, 0.05) is 5.56 Å². The number of hydrogen-bond donors (Lipinski definition) is 0. The topological polar surface area (TPSA) is 26.3 Å². The number of carbonyl (C=O) groups is 1. The van der Waals surface area contributed by atoms with Gasteiger partial charge in [-0.1, -0.05) is 0 Å². The number of Topliss-reactive ketones (excluding diaryl/α,β-unsaturated/α-hetero) is 1. The summed E-state index contributed by atoms with van der Waals surface area (Å²) in [5.74, 6) is 0.692. The molecule has 1 aromatic rings. The molecule has 11 heavy (non-hydrogen) atoms. The van der Waals surface area contributed by atoms with Crippen LogP contribution < -0.4 is 4.74 Å². The quantitative estimate of drug-likeness (QED) is 0.598. The molecule has 0 fully saturated rings. The second-order valence-corrected chi connectivity index (χ2v) is 2.22. The predicted molar refractivity (Wildman–Crippen MR) is 41.8 cm³/mol. The summed E-state index contributed by atoms with van der Waals surface area (Å²) in [6.45, 7) is 1.52. The van der Waals surface area contributed by atoms with Crippen molar-refractivity contribution < 1.29 is 9.53 Å². The van der Waals surface area contributed by atoms with Gasteiger partial charge in [-0.05, 0) is 31.2 Å². The first-order chi connectivity index (χ1) is 5.24. The molecule has 0 heterocycles. The Kier molecular flexibility index (Phi) is 2.26. The Morgan fingerprint density at radius 2 is 2.27 bits per heavy atom. The molecule has 1 aromatic carbocycles. The van der Waals surface area contributed by atoms with Gasteiger partial charge in [-0.2, -0.15) is 0 Å². The Balaban J connectivity index is 3.01. The van der Waals surface area contributed by atoms with Gasteiger partial charge in [-0.3, -0.25) is 4.79 Å². The van der Waals surface area contributed by atoms with Gasteiger partial charge in [-0.25, -0.2) is 0 Å². The molecule has 0 spiro atoms. The SMILES string of the molecule is COc1c[c]cc(C(C)=O)c1. The third kappa shape index (κ3) is 1.80. The number of carbonyl (C=O) groups excluding carboxylic acids is 1. The van der Waals surface area contributed by atoms with Gasteiger partial charge in [0.15, 0.2) is 5.78 Å². The van der Waals surface area contributed by atoms with E-state index in [0.29, 0.717) is 11.3 Å². The zero-order valence-corrected chi connectivity index (χ0v) is 6.55. The number of rotatable bonds is 2. The highest BCUT2D eigenvalue weighted by atomic mass is 16.5. The van der Waals surface area contributed by atoms with Crippen LogP contribution in [0, 0.1) is 6.07 Å². The summed E-state index contributed by atoms with van der Waals surface area (Å²) in [4.78, 5) is 10.8. The molecular weight excluding hydrogens is 140 g/mol. The van der Waals surface area contributed by atoms with E-state index in [1.807, 2.05) is 0 Å². The first kappa shape index (κ1) is 7.79. The zero-order chi connectivity index (χ0) is 8.27. The lowest BCUT2D eigenvalue weighted by molar-refractivity contribution is 0.101. The van der Waals surface area contributed by atoms with Crippen molar-refractivity contribution in [1.82, 2.24) is 0 Å². The van der Waals surface area contributed by atoms with E-state index >= 15 is 0 Å². The van der Waals surface area contributed by atoms with Crippen molar-refractivity contribution in [2.24, 2.45) is 0 Å². The Labute approximate surface area is 65.8 Å². The fraction of sp³-hybridized carbons (Fsp3) is 0.222. The fourth-order valence-corrected chi connectivity index (χ4v) is 0.771. The molecule has 0 unspecified atom stereocenters. The molecule has 1 rings (SSSR count). The van der Waals surface area contributed by atoms with E-state index in [1.165, 1.54) is 6.92 Å². The van der Waals surface area contributed by atoms with E-state index in [2.05, 4.69) is 6.07 Å². The molecule has 0 amide bonds. The molecule has 0 aliphatic heterocycles. The molecular formula is C9H9O2. The van der Waals surface area contributed by atoms with Crippen molar-refractivity contribution in [3.8, 4) is 5.75 Å². The number of ether oxygens (including phenoxy) is 1. The first-order valence-electron chi connectivity index (χ1n) is 3.30. The van der Waals surface area contributed by atoms with Crippen molar-refractivity contribution in [2.45, 2.75) is 6.92 Å². The van der Waals surface area contributed by atoms with Gasteiger partial charge in [0.1, 0.15) is 5.75 Å². The van der Waals surface area contributed by atoms with Crippen LogP contribution in [0.1, 0.15) is 17.3 Å². The molecule has 0 N–H and O–H groups in total. The lowest BCUT2D eigenvalue weighted by Crippen LogP contribution is -1.92. The summed E-state index contributed by atoms with van der Waals surface area (Å²) in [5.41, 5.74) is 0.629. The van der Waals surface area contributed by atoms with Crippen LogP contribution in [-0.2, 0) is 0 Å². The number of ketones is 1. The molecule has 0 bridgehead atoms. The molecule has 1 radical (unpaired) electrons. The van der Waals surface area contributed by atoms with Crippen molar-refractivity contribution in [3.05, 3.63) is 29.8 Å². The van der Waals surface area contributed by atoms with Crippen LogP contribution in [0.4, 0.5) is 0 Å². The number of methoxy groups -OCH3 is 1. The average Bonchev–Trinajstić information content (AvgIpc) is 2.05. The Hall–Kier alpha value is -1.31. The van der Waals surface area contributed by atoms with Crippen molar-refractivity contribution in [3.63, 3.8) is 0 Å². The van der Waals surface area contributed by atoms with Gasteiger partial charge in [0.25, 0.3) is 0 Å². The molecule has 0 aliphatic rings. The third-order valence-corrected chi connectivity index (χ3v) is 1.40. The Bertz CT molecular complexity index is 266. The van der Waals surface area contributed by atoms with Crippen LogP contribution in [0.5, 0.6) is 5.75 Å². The Morgan fingerprint density at radius 1 is 1.55 bits per heavy atom. The van der Waals surface area contributed by atoms with Crippen LogP contribution >= 0.6 is 0 Å². The first-order valence-corrected chi connectivity index (χ1v) is 3.30. The lowest BCUT2D eigenvalue weighted by atomic mass is 10.1. The normalized spacial score (nSPS) is 9.27. The minimum Gasteiger partial charge on any atom is -0.497 e. The smallest absolute Gasteiger partial charge is 0.159 e. The van der Waals surface area contributed by atoms with Gasteiger partial charge in [-0.15, -0.1) is 0 Å². The summed E-state index contributed by atoms with van der Waals surface area (Å²) in [7, 11) is 1.56. The summed E-state index contributed by atoms with van der Waals surface area (Å²) in [6, 6.07) is 7.84. The largest absolute Gasteiger partial charge is 0.497 e. The molecule has 57 valence electrons. The third-order valence-electron chi connectivity index (χ3n) is 1.40. The van der Waals surface area contributed by atoms with Crippen LogP contribution in [-0.4, -0.2) is 12.9 Å². The van der Waals surface area contributed by atoms with E-state index in [9.17, 15) is 4.79 Å². The highest BCUT2D eigenvalue weighted by Crippen LogP contribution is 2.11. The van der Waals surface area contributed by atoms with Gasteiger partial charge < -0.3 is 4.74 Å². The summed E-state index contributed by atoms with van der Waals surface area (Å²) in [5, 5.41) is 0. The minimum absolute atomic E-state index is 0.0279. The Morgan fingerprint density at radius 3 is 2.82 bits per heavy atom. The molecule has 2 heteroatoms. The molecule has 0 aromatic heterocycles. The van der Waals surface area contributed by atoms with Gasteiger partial charge in [0.2, 0.25) is 0 Å². The lowest BCUT2D eigenvalue weighted by Gasteiger charge is -1.99. The van der Waals surface area contributed by atoms with E-state index in [0.717, 1.165) is 0 Å². The molecule has 0 saturated carbocycles. The highest BCUT2D eigenvalue weighted by Gasteiger charge is 1.98. The van der Waals surface area contributed by atoms with E-state index in [4.69, 9.17) is 4.74 Å².